The quantitative estimate of drug-likeness (QED) is 0.513. The molecule has 0 fully saturated rings. The molecule has 2 aromatic carbocycles. The highest BCUT2D eigenvalue weighted by atomic mass is 19.4. The lowest BCUT2D eigenvalue weighted by molar-refractivity contribution is -0.274. The van der Waals surface area contributed by atoms with Crippen molar-refractivity contribution < 1.29 is 31.9 Å². The fraction of sp³-hybridized carbons (Fsp3) is 0.333. The van der Waals surface area contributed by atoms with Gasteiger partial charge < -0.3 is 13.9 Å². The van der Waals surface area contributed by atoms with E-state index in [1.165, 1.54) is 28.8 Å². The largest absolute Gasteiger partial charge is 0.573 e. The number of oxazole rings is 1. The fourth-order valence-corrected chi connectivity index (χ4v) is 2.84. The average molecular weight is 423 g/mol. The molecule has 0 saturated carbocycles. The van der Waals surface area contributed by atoms with Crippen LogP contribution >= 0.6 is 0 Å². The van der Waals surface area contributed by atoms with Gasteiger partial charge in [-0.15, -0.1) is 13.2 Å². The lowest BCUT2D eigenvalue weighted by atomic mass is 10.1. The summed E-state index contributed by atoms with van der Waals surface area (Å²) in [6.45, 7) is 4.23. The van der Waals surface area contributed by atoms with Crippen LogP contribution in [0.5, 0.6) is 5.75 Å². The molecule has 0 unspecified atom stereocenters. The molecule has 0 saturated heterocycles. The normalized spacial score (nSPS) is 11.8. The van der Waals surface area contributed by atoms with Crippen molar-refractivity contribution in [1.82, 2.24) is 4.57 Å². The summed E-state index contributed by atoms with van der Waals surface area (Å²) in [6.07, 6.45) is -4.75. The van der Waals surface area contributed by atoms with Gasteiger partial charge in [0.25, 0.3) is 0 Å². The van der Waals surface area contributed by atoms with E-state index in [0.717, 1.165) is 0 Å². The number of carbonyl (C=O) groups excluding carboxylic acids is 1. The van der Waals surface area contributed by atoms with Gasteiger partial charge in [-0.3, -0.25) is 9.36 Å². The zero-order valence-corrected chi connectivity index (χ0v) is 16.4. The van der Waals surface area contributed by atoms with Crippen molar-refractivity contribution in [3.63, 3.8) is 0 Å². The number of aryl methyl sites for hydroxylation is 1. The van der Waals surface area contributed by atoms with Crippen molar-refractivity contribution in [2.75, 3.05) is 6.61 Å². The highest BCUT2D eigenvalue weighted by Crippen LogP contribution is 2.28. The summed E-state index contributed by atoms with van der Waals surface area (Å²) in [5.74, 6) is -1.14. The summed E-state index contributed by atoms with van der Waals surface area (Å²) in [5.41, 5.74) is 2.11. The maximum absolute atomic E-state index is 12.3. The van der Waals surface area contributed by atoms with Crippen molar-refractivity contribution >= 4 is 17.1 Å². The van der Waals surface area contributed by atoms with E-state index in [2.05, 4.69) is 4.74 Å². The average Bonchev–Trinajstić information content (AvgIpc) is 2.98. The minimum absolute atomic E-state index is 0.00889. The van der Waals surface area contributed by atoms with Crippen molar-refractivity contribution in [2.45, 2.75) is 33.2 Å². The monoisotopic (exact) mass is 423 g/mol. The first-order valence-corrected chi connectivity index (χ1v) is 9.27. The molecule has 9 heteroatoms. The Balaban J connectivity index is 1.81. The minimum atomic E-state index is -4.76. The van der Waals surface area contributed by atoms with Gasteiger partial charge in [0.05, 0.1) is 18.5 Å². The Morgan fingerprint density at radius 3 is 2.40 bits per heavy atom. The third-order valence-corrected chi connectivity index (χ3v) is 4.21. The Morgan fingerprint density at radius 1 is 1.10 bits per heavy atom. The molecule has 0 atom stereocenters. The summed E-state index contributed by atoms with van der Waals surface area (Å²) < 4.78 is 52.4. The molecule has 0 amide bonds. The highest BCUT2D eigenvalue weighted by Gasteiger charge is 2.31. The van der Waals surface area contributed by atoms with E-state index >= 15 is 0 Å². The van der Waals surface area contributed by atoms with Crippen molar-refractivity contribution in [1.29, 1.82) is 0 Å². The first-order valence-electron chi connectivity index (χ1n) is 9.27. The summed E-state index contributed by atoms with van der Waals surface area (Å²) >= 11 is 0. The maximum Gasteiger partial charge on any atom is 0.573 e. The number of hydrogen-bond acceptors (Lipinski definition) is 5. The number of nitrogens with zero attached hydrogens (tertiary/aromatic N) is 1. The topological polar surface area (TPSA) is 70.7 Å². The van der Waals surface area contributed by atoms with Crippen LogP contribution in [-0.2, 0) is 16.1 Å². The van der Waals surface area contributed by atoms with E-state index in [1.54, 1.807) is 18.2 Å². The van der Waals surface area contributed by atoms with Crippen molar-refractivity contribution in [3.05, 3.63) is 53.0 Å². The molecule has 3 rings (SSSR count). The molecule has 1 heterocycles. The van der Waals surface area contributed by atoms with Crippen LogP contribution < -0.4 is 10.5 Å². The molecular weight excluding hydrogens is 403 g/mol. The number of hydrogen-bond donors (Lipinski definition) is 0. The van der Waals surface area contributed by atoms with E-state index < -0.39 is 18.1 Å². The molecule has 1 aromatic heterocycles. The van der Waals surface area contributed by atoms with Gasteiger partial charge in [0.15, 0.2) is 5.58 Å². The SMILES string of the molecule is CC(C)COC(=O)CCn1c(=O)oc2ccc(-c3ccc(OC(F)(F)F)cc3)cc21. The number of fused-ring (bicyclic) bond motifs is 1. The van der Waals surface area contributed by atoms with Gasteiger partial charge in [-0.05, 0) is 41.3 Å². The summed E-state index contributed by atoms with van der Waals surface area (Å²) in [5, 5.41) is 0. The smallest absolute Gasteiger partial charge is 0.465 e. The van der Waals surface area contributed by atoms with Crippen LogP contribution in [0.1, 0.15) is 20.3 Å². The standard InChI is InChI=1S/C21H20F3NO5/c1-13(2)12-28-19(26)9-10-25-17-11-15(5-8-18(17)29-20(25)27)14-3-6-16(7-4-14)30-21(22,23)24/h3-8,11,13H,9-10,12H2,1-2H3. The molecule has 0 N–H and O–H groups in total. The predicted molar refractivity (Wildman–Crippen MR) is 103 cm³/mol. The van der Waals surface area contributed by atoms with E-state index in [9.17, 15) is 22.8 Å². The Kier molecular flexibility index (Phi) is 6.19. The van der Waals surface area contributed by atoms with Gasteiger partial charge >= 0.3 is 18.1 Å². The molecule has 160 valence electrons. The van der Waals surface area contributed by atoms with E-state index in [4.69, 9.17) is 9.15 Å². The van der Waals surface area contributed by atoms with E-state index in [0.29, 0.717) is 28.8 Å². The van der Waals surface area contributed by atoms with Crippen LogP contribution in [0.3, 0.4) is 0 Å². The number of halogens is 3. The number of carbonyl (C=O) groups is 1. The van der Waals surface area contributed by atoms with Gasteiger partial charge in [-0.1, -0.05) is 32.0 Å². The molecule has 0 radical (unpaired) electrons. The lowest BCUT2D eigenvalue weighted by Gasteiger charge is -2.09. The van der Waals surface area contributed by atoms with Gasteiger partial charge in [0, 0.05) is 6.54 Å². The van der Waals surface area contributed by atoms with Crippen LogP contribution in [-0.4, -0.2) is 23.5 Å². The Bertz CT molecular complexity index is 1080. The Hall–Kier alpha value is -3.23. The highest BCUT2D eigenvalue weighted by molar-refractivity contribution is 5.81. The minimum Gasteiger partial charge on any atom is -0.465 e. The van der Waals surface area contributed by atoms with Gasteiger partial charge in [-0.2, -0.15) is 0 Å². The van der Waals surface area contributed by atoms with Crippen molar-refractivity contribution in [2.24, 2.45) is 5.92 Å². The Labute approximate surface area is 169 Å². The first-order chi connectivity index (χ1) is 14.1. The molecule has 0 spiro atoms. The Morgan fingerprint density at radius 2 is 1.77 bits per heavy atom. The fourth-order valence-electron chi connectivity index (χ4n) is 2.84. The number of aromatic nitrogens is 1. The molecule has 0 bridgehead atoms. The number of alkyl halides is 3. The maximum atomic E-state index is 12.3. The molecule has 30 heavy (non-hydrogen) atoms. The van der Waals surface area contributed by atoms with Crippen molar-refractivity contribution in [3.8, 4) is 16.9 Å². The zero-order chi connectivity index (χ0) is 21.9. The van der Waals surface area contributed by atoms with Gasteiger partial charge in [0.2, 0.25) is 0 Å². The number of benzene rings is 2. The van der Waals surface area contributed by atoms with Gasteiger partial charge in [-0.25, -0.2) is 4.79 Å². The number of esters is 1. The molecule has 0 aliphatic heterocycles. The van der Waals surface area contributed by atoms with Crippen LogP contribution in [0.25, 0.3) is 22.2 Å². The van der Waals surface area contributed by atoms with Crippen LogP contribution in [0.15, 0.2) is 51.7 Å². The third kappa shape index (κ3) is 5.43. The third-order valence-electron chi connectivity index (χ3n) is 4.21. The molecule has 0 aliphatic carbocycles. The second-order valence-corrected chi connectivity index (χ2v) is 7.10. The number of ether oxygens (including phenoxy) is 2. The molecular formula is C21H20F3NO5. The number of rotatable bonds is 7. The summed E-state index contributed by atoms with van der Waals surface area (Å²) in [7, 11) is 0. The van der Waals surface area contributed by atoms with E-state index in [1.807, 2.05) is 13.8 Å². The lowest BCUT2D eigenvalue weighted by Crippen LogP contribution is -2.18. The van der Waals surface area contributed by atoms with Crippen LogP contribution in [0, 0.1) is 5.92 Å². The van der Waals surface area contributed by atoms with Gasteiger partial charge in [0.1, 0.15) is 5.75 Å². The second kappa shape index (κ2) is 8.64. The summed E-state index contributed by atoms with van der Waals surface area (Å²) in [4.78, 5) is 24.0. The van der Waals surface area contributed by atoms with Crippen LogP contribution in [0.2, 0.25) is 0 Å². The molecule has 0 aliphatic rings. The van der Waals surface area contributed by atoms with E-state index in [-0.39, 0.29) is 24.6 Å². The second-order valence-electron chi connectivity index (χ2n) is 7.10. The van der Waals surface area contributed by atoms with Crippen LogP contribution in [0.4, 0.5) is 13.2 Å². The predicted octanol–water partition coefficient (Wildman–Crippen LogP) is 4.75. The summed E-state index contributed by atoms with van der Waals surface area (Å²) in [6, 6.07) is 10.3. The first kappa shape index (κ1) is 21.5. The molecule has 3 aromatic rings. The molecule has 6 nitrogen and oxygen atoms in total. The zero-order valence-electron chi connectivity index (χ0n) is 16.4.